The summed E-state index contributed by atoms with van der Waals surface area (Å²) in [4.78, 5) is 30.5. The maximum Gasteiger partial charge on any atom is 0.252 e. The van der Waals surface area contributed by atoms with Crippen LogP contribution in [0.1, 0.15) is 53.8 Å². The van der Waals surface area contributed by atoms with Crippen molar-refractivity contribution in [2.45, 2.75) is 52.0 Å². The molecule has 2 heterocycles. The van der Waals surface area contributed by atoms with Gasteiger partial charge in [-0.05, 0) is 56.5 Å². The van der Waals surface area contributed by atoms with Crippen molar-refractivity contribution < 1.29 is 14.0 Å². The number of halogens is 1. The predicted molar refractivity (Wildman–Crippen MR) is 133 cm³/mol. The van der Waals surface area contributed by atoms with Crippen LogP contribution in [0.25, 0.3) is 0 Å². The minimum atomic E-state index is -0.710. The molecule has 2 amide bonds. The third-order valence-corrected chi connectivity index (χ3v) is 6.23. The SMILES string of the molecule is Cc1cc(Nc2cc(C(=O)NC(CC3CCCC3)C(=O)Nc3cnn(C)c3)ccc2F)cc(C)n1. The molecule has 0 spiro atoms. The Labute approximate surface area is 204 Å². The summed E-state index contributed by atoms with van der Waals surface area (Å²) in [6.07, 6.45) is 8.18. The Kier molecular flexibility index (Phi) is 7.43. The van der Waals surface area contributed by atoms with Gasteiger partial charge in [0.05, 0.1) is 17.6 Å². The number of benzene rings is 1. The van der Waals surface area contributed by atoms with Gasteiger partial charge in [0.15, 0.2) is 0 Å². The molecule has 3 aromatic rings. The van der Waals surface area contributed by atoms with E-state index < -0.39 is 17.8 Å². The molecule has 1 fully saturated rings. The molecule has 9 heteroatoms. The molecule has 184 valence electrons. The van der Waals surface area contributed by atoms with Crippen LogP contribution >= 0.6 is 0 Å². The molecular weight excluding hydrogens is 447 g/mol. The van der Waals surface area contributed by atoms with Crippen LogP contribution < -0.4 is 16.0 Å². The molecule has 1 aromatic carbocycles. The predicted octanol–water partition coefficient (Wildman–Crippen LogP) is 4.63. The first-order chi connectivity index (χ1) is 16.8. The normalized spacial score (nSPS) is 14.5. The fourth-order valence-corrected chi connectivity index (χ4v) is 4.59. The van der Waals surface area contributed by atoms with Crippen LogP contribution in [0.4, 0.5) is 21.5 Å². The second kappa shape index (κ2) is 10.7. The van der Waals surface area contributed by atoms with Crippen molar-refractivity contribution in [2.24, 2.45) is 13.0 Å². The summed E-state index contributed by atoms with van der Waals surface area (Å²) in [5.74, 6) is -0.824. The molecule has 8 nitrogen and oxygen atoms in total. The molecule has 0 saturated heterocycles. The van der Waals surface area contributed by atoms with E-state index in [1.165, 1.54) is 18.2 Å². The van der Waals surface area contributed by atoms with Gasteiger partial charge in [0, 0.05) is 35.9 Å². The second-order valence-electron chi connectivity index (χ2n) is 9.26. The summed E-state index contributed by atoms with van der Waals surface area (Å²) < 4.78 is 16.1. The maximum absolute atomic E-state index is 14.5. The van der Waals surface area contributed by atoms with Gasteiger partial charge in [-0.25, -0.2) is 4.39 Å². The van der Waals surface area contributed by atoms with E-state index in [9.17, 15) is 14.0 Å². The van der Waals surface area contributed by atoms with E-state index in [1.54, 1.807) is 36.3 Å². The summed E-state index contributed by atoms with van der Waals surface area (Å²) in [6, 6.07) is 7.03. The van der Waals surface area contributed by atoms with Gasteiger partial charge in [0.2, 0.25) is 5.91 Å². The summed E-state index contributed by atoms with van der Waals surface area (Å²) in [5, 5.41) is 12.8. The van der Waals surface area contributed by atoms with Crippen molar-refractivity contribution in [1.82, 2.24) is 20.1 Å². The highest BCUT2D eigenvalue weighted by Crippen LogP contribution is 2.29. The van der Waals surface area contributed by atoms with Crippen LogP contribution in [-0.2, 0) is 11.8 Å². The number of hydrogen-bond acceptors (Lipinski definition) is 5. The number of amides is 2. The zero-order chi connectivity index (χ0) is 24.9. The summed E-state index contributed by atoms with van der Waals surface area (Å²) >= 11 is 0. The lowest BCUT2D eigenvalue weighted by Crippen LogP contribution is -2.44. The van der Waals surface area contributed by atoms with E-state index in [2.05, 4.69) is 26.0 Å². The number of nitrogens with zero attached hydrogens (tertiary/aromatic N) is 3. The van der Waals surface area contributed by atoms with E-state index in [-0.39, 0.29) is 17.2 Å². The van der Waals surface area contributed by atoms with Crippen LogP contribution in [-0.4, -0.2) is 32.6 Å². The topological polar surface area (TPSA) is 101 Å². The molecule has 1 unspecified atom stereocenters. The summed E-state index contributed by atoms with van der Waals surface area (Å²) in [6.45, 7) is 3.72. The van der Waals surface area contributed by atoms with Gasteiger partial charge in [-0.3, -0.25) is 19.3 Å². The molecule has 35 heavy (non-hydrogen) atoms. The van der Waals surface area contributed by atoms with Crippen LogP contribution in [0, 0.1) is 25.6 Å². The first kappa shape index (κ1) is 24.4. The van der Waals surface area contributed by atoms with Crippen LogP contribution in [0.3, 0.4) is 0 Å². The van der Waals surface area contributed by atoms with Crippen LogP contribution in [0.5, 0.6) is 0 Å². The van der Waals surface area contributed by atoms with Crippen molar-refractivity contribution in [1.29, 1.82) is 0 Å². The quantitative estimate of drug-likeness (QED) is 0.438. The van der Waals surface area contributed by atoms with Gasteiger partial charge in [-0.15, -0.1) is 0 Å². The lowest BCUT2D eigenvalue weighted by Gasteiger charge is -2.21. The Bertz CT molecular complexity index is 1200. The molecule has 3 N–H and O–H groups in total. The zero-order valence-corrected chi connectivity index (χ0v) is 20.3. The number of carbonyl (C=O) groups is 2. The Morgan fingerprint density at radius 3 is 2.49 bits per heavy atom. The zero-order valence-electron chi connectivity index (χ0n) is 20.3. The van der Waals surface area contributed by atoms with E-state index >= 15 is 0 Å². The average molecular weight is 479 g/mol. The fraction of sp³-hybridized carbons (Fsp3) is 0.385. The van der Waals surface area contributed by atoms with Crippen LogP contribution in [0.15, 0.2) is 42.7 Å². The minimum Gasteiger partial charge on any atom is -0.353 e. The highest BCUT2D eigenvalue weighted by Gasteiger charge is 2.27. The molecule has 1 aliphatic rings. The van der Waals surface area contributed by atoms with E-state index in [1.807, 2.05) is 13.8 Å². The molecule has 1 aliphatic carbocycles. The third-order valence-electron chi connectivity index (χ3n) is 6.23. The number of aryl methyl sites for hydroxylation is 3. The number of nitrogens with one attached hydrogen (secondary N) is 3. The monoisotopic (exact) mass is 478 g/mol. The molecule has 1 atom stereocenters. The van der Waals surface area contributed by atoms with Gasteiger partial charge < -0.3 is 16.0 Å². The Morgan fingerprint density at radius 2 is 1.83 bits per heavy atom. The molecule has 0 aliphatic heterocycles. The van der Waals surface area contributed by atoms with E-state index in [0.29, 0.717) is 23.7 Å². The molecule has 0 radical (unpaired) electrons. The highest BCUT2D eigenvalue weighted by atomic mass is 19.1. The fourth-order valence-electron chi connectivity index (χ4n) is 4.59. The largest absolute Gasteiger partial charge is 0.353 e. The average Bonchev–Trinajstić information content (AvgIpc) is 3.45. The standard InChI is InChI=1S/C26H31FN6O2/c1-16-10-20(11-17(2)29-16)30-23-13-19(8-9-22(23)27)25(34)32-24(12-18-6-4-5-7-18)26(35)31-21-14-28-33(3)15-21/h8-11,13-15,18,24H,4-7,12H2,1-3H3,(H,29,30)(H,31,35)(H,32,34). The summed E-state index contributed by atoms with van der Waals surface area (Å²) in [7, 11) is 1.77. The molecule has 0 bridgehead atoms. The number of aromatic nitrogens is 3. The van der Waals surface area contributed by atoms with Crippen molar-refractivity contribution in [2.75, 3.05) is 10.6 Å². The van der Waals surface area contributed by atoms with Gasteiger partial charge in [-0.2, -0.15) is 5.10 Å². The minimum absolute atomic E-state index is 0.176. The molecular formula is C26H31FN6O2. The maximum atomic E-state index is 14.5. The molecule has 1 saturated carbocycles. The number of carbonyl (C=O) groups excluding carboxylic acids is 2. The molecule has 2 aromatic heterocycles. The van der Waals surface area contributed by atoms with Gasteiger partial charge in [-0.1, -0.05) is 25.7 Å². The van der Waals surface area contributed by atoms with Crippen molar-refractivity contribution in [3.63, 3.8) is 0 Å². The molecule has 4 rings (SSSR count). The van der Waals surface area contributed by atoms with Crippen molar-refractivity contribution in [3.8, 4) is 0 Å². The Balaban J connectivity index is 1.51. The van der Waals surface area contributed by atoms with E-state index in [4.69, 9.17) is 0 Å². The van der Waals surface area contributed by atoms with E-state index in [0.717, 1.165) is 37.1 Å². The lowest BCUT2D eigenvalue weighted by atomic mass is 9.97. The number of anilines is 3. The lowest BCUT2D eigenvalue weighted by molar-refractivity contribution is -0.118. The number of pyridine rings is 1. The van der Waals surface area contributed by atoms with Crippen molar-refractivity contribution >= 4 is 28.9 Å². The second-order valence-corrected chi connectivity index (χ2v) is 9.26. The van der Waals surface area contributed by atoms with Crippen LogP contribution in [0.2, 0.25) is 0 Å². The number of hydrogen-bond donors (Lipinski definition) is 3. The first-order valence-electron chi connectivity index (χ1n) is 11.9. The van der Waals surface area contributed by atoms with Gasteiger partial charge >= 0.3 is 0 Å². The third kappa shape index (κ3) is 6.44. The summed E-state index contributed by atoms with van der Waals surface area (Å²) in [5.41, 5.74) is 3.30. The first-order valence-corrected chi connectivity index (χ1v) is 11.9. The Hall–Kier alpha value is -3.75. The van der Waals surface area contributed by atoms with Gasteiger partial charge in [0.1, 0.15) is 11.9 Å². The Morgan fingerprint density at radius 1 is 1.11 bits per heavy atom. The van der Waals surface area contributed by atoms with Gasteiger partial charge in [0.25, 0.3) is 5.91 Å². The smallest absolute Gasteiger partial charge is 0.252 e. The number of rotatable bonds is 8. The van der Waals surface area contributed by atoms with Crippen molar-refractivity contribution in [3.05, 3.63) is 65.5 Å². The highest BCUT2D eigenvalue weighted by molar-refractivity contribution is 6.01.